The Hall–Kier alpha value is -4.82. The van der Waals surface area contributed by atoms with Crippen molar-refractivity contribution in [1.29, 1.82) is 0 Å². The third-order valence-corrected chi connectivity index (χ3v) is 8.41. The number of fused-ring (bicyclic) bond motifs is 1. The molecule has 7 aromatic rings. The predicted octanol–water partition coefficient (Wildman–Crippen LogP) is 8.49. The molecule has 0 radical (unpaired) electrons. The van der Waals surface area contributed by atoms with E-state index in [0.717, 1.165) is 49.1 Å². The molecule has 0 atom stereocenters. The van der Waals surface area contributed by atoms with Gasteiger partial charge in [-0.25, -0.2) is 0 Å². The van der Waals surface area contributed by atoms with Crippen molar-refractivity contribution < 1.29 is 0 Å². The van der Waals surface area contributed by atoms with E-state index < -0.39 is 0 Å². The van der Waals surface area contributed by atoms with E-state index in [2.05, 4.69) is 143 Å². The van der Waals surface area contributed by atoms with Crippen LogP contribution in [0.3, 0.4) is 0 Å². The summed E-state index contributed by atoms with van der Waals surface area (Å²) >= 11 is 2.80. The fourth-order valence-corrected chi connectivity index (χ4v) is 6.22. The van der Waals surface area contributed by atoms with Gasteiger partial charge in [0.1, 0.15) is 0 Å². The third-order valence-electron chi connectivity index (χ3n) is 7.40. The number of hydrogen-bond donors (Lipinski definition) is 0. The van der Waals surface area contributed by atoms with E-state index in [9.17, 15) is 0 Å². The van der Waals surface area contributed by atoms with Gasteiger partial charge in [-0.1, -0.05) is 0 Å². The van der Waals surface area contributed by atoms with Crippen molar-refractivity contribution in [2.24, 2.45) is 0 Å². The van der Waals surface area contributed by atoms with Gasteiger partial charge in [0.15, 0.2) is 0 Å². The standard InChI is InChI=1S/C38H26N2Se/c41-38-31(30-20-10-19-29(25-30)26-13-4-1-5-14-26)21-11-23-33(38)32-22-12-24-34-37(32)40-36(28-17-8-3-9-18-28)35(39-34)27-15-6-2-7-16-27/h1-25,41H. The van der Waals surface area contributed by atoms with Crippen molar-refractivity contribution in [1.82, 2.24) is 9.97 Å². The van der Waals surface area contributed by atoms with Gasteiger partial charge in [0.05, 0.1) is 0 Å². The van der Waals surface area contributed by atoms with Crippen LogP contribution in [0.25, 0.3) is 66.9 Å². The number of nitrogens with zero attached hydrogens (tertiary/aromatic N) is 2. The Balaban J connectivity index is 1.41. The molecule has 6 aromatic carbocycles. The molecule has 7 rings (SSSR count). The summed E-state index contributed by atoms with van der Waals surface area (Å²) in [5.41, 5.74) is 12.7. The monoisotopic (exact) mass is 590 g/mol. The quantitative estimate of drug-likeness (QED) is 0.188. The van der Waals surface area contributed by atoms with Crippen LogP contribution in [0.5, 0.6) is 0 Å². The van der Waals surface area contributed by atoms with E-state index in [1.54, 1.807) is 0 Å². The van der Waals surface area contributed by atoms with Gasteiger partial charge in [-0.3, -0.25) is 0 Å². The van der Waals surface area contributed by atoms with E-state index in [0.29, 0.717) is 0 Å². The van der Waals surface area contributed by atoms with Gasteiger partial charge in [-0.15, -0.1) is 0 Å². The number of hydrogen-bond acceptors (Lipinski definition) is 2. The molecule has 0 unspecified atom stereocenters. The molecule has 0 aliphatic rings. The molecule has 41 heavy (non-hydrogen) atoms. The van der Waals surface area contributed by atoms with Gasteiger partial charge in [-0.05, 0) is 0 Å². The molecule has 0 saturated heterocycles. The number of aromatic nitrogens is 2. The van der Waals surface area contributed by atoms with Crippen molar-refractivity contribution in [2.75, 3.05) is 0 Å². The third kappa shape index (κ3) is 4.87. The Morgan fingerprint density at radius 3 is 1.54 bits per heavy atom. The van der Waals surface area contributed by atoms with Gasteiger partial charge >= 0.3 is 249 Å². The van der Waals surface area contributed by atoms with Crippen LogP contribution in [-0.2, 0) is 0 Å². The summed E-state index contributed by atoms with van der Waals surface area (Å²) in [6.07, 6.45) is 0. The van der Waals surface area contributed by atoms with Crippen LogP contribution < -0.4 is 4.46 Å². The van der Waals surface area contributed by atoms with Crippen molar-refractivity contribution in [3.63, 3.8) is 0 Å². The predicted molar refractivity (Wildman–Crippen MR) is 174 cm³/mol. The molecule has 2 nitrogen and oxygen atoms in total. The van der Waals surface area contributed by atoms with Gasteiger partial charge < -0.3 is 0 Å². The zero-order valence-corrected chi connectivity index (χ0v) is 24.2. The first-order chi connectivity index (χ1) is 20.3. The molecule has 0 aliphatic carbocycles. The Bertz CT molecular complexity index is 1990. The summed E-state index contributed by atoms with van der Waals surface area (Å²) in [5.74, 6) is 0. The molecular formula is C38H26N2Se. The Kier molecular flexibility index (Phi) is 6.74. The molecule has 0 N–H and O–H groups in total. The zero-order valence-electron chi connectivity index (χ0n) is 22.3. The topological polar surface area (TPSA) is 25.8 Å². The van der Waals surface area contributed by atoms with Crippen LogP contribution in [0.1, 0.15) is 0 Å². The first-order valence-corrected chi connectivity index (χ1v) is 14.6. The van der Waals surface area contributed by atoms with Crippen LogP contribution in [0.2, 0.25) is 0 Å². The Morgan fingerprint density at radius 2 is 0.854 bits per heavy atom. The van der Waals surface area contributed by atoms with E-state index in [1.807, 2.05) is 24.3 Å². The molecule has 3 heteroatoms. The molecule has 0 spiro atoms. The molecular weight excluding hydrogens is 563 g/mol. The van der Waals surface area contributed by atoms with E-state index >= 15 is 0 Å². The maximum absolute atomic E-state index is 5.33. The van der Waals surface area contributed by atoms with Crippen molar-refractivity contribution in [2.45, 2.75) is 0 Å². The molecule has 1 aromatic heterocycles. The first kappa shape index (κ1) is 25.2. The molecule has 0 fully saturated rings. The summed E-state index contributed by atoms with van der Waals surface area (Å²) in [5, 5.41) is 0. The molecule has 1 heterocycles. The zero-order chi connectivity index (χ0) is 27.6. The van der Waals surface area contributed by atoms with Crippen LogP contribution in [0.4, 0.5) is 0 Å². The maximum atomic E-state index is 5.33. The minimum absolute atomic E-state index is 0.879. The van der Waals surface area contributed by atoms with Crippen LogP contribution >= 0.6 is 0 Å². The molecule has 0 aliphatic heterocycles. The molecule has 194 valence electrons. The van der Waals surface area contributed by atoms with Crippen molar-refractivity contribution >= 4 is 31.5 Å². The average molecular weight is 590 g/mol. The molecule has 0 amide bonds. The van der Waals surface area contributed by atoms with Crippen LogP contribution in [0, 0.1) is 0 Å². The SMILES string of the molecule is [SeH]c1c(-c2cccc(-c3ccccc3)c2)cccc1-c1cccc2nc(-c3ccccc3)c(-c3ccccc3)nc12. The number of para-hydroxylation sites is 1. The molecule has 0 bridgehead atoms. The summed E-state index contributed by atoms with van der Waals surface area (Å²) in [6, 6.07) is 52.8. The van der Waals surface area contributed by atoms with E-state index in [-0.39, 0.29) is 0 Å². The number of rotatable bonds is 5. The fraction of sp³-hybridized carbons (Fsp3) is 0. The Labute approximate surface area is 248 Å². The average Bonchev–Trinajstić information content (AvgIpc) is 3.05. The summed E-state index contributed by atoms with van der Waals surface area (Å²) in [4.78, 5) is 10.5. The van der Waals surface area contributed by atoms with E-state index in [4.69, 9.17) is 9.97 Å². The second-order valence-corrected chi connectivity index (χ2v) is 10.9. The second-order valence-electron chi connectivity index (χ2n) is 9.97. The number of benzene rings is 6. The van der Waals surface area contributed by atoms with E-state index in [1.165, 1.54) is 22.3 Å². The summed E-state index contributed by atoms with van der Waals surface area (Å²) < 4.78 is 1.16. The van der Waals surface area contributed by atoms with Crippen LogP contribution in [-0.4, -0.2) is 26.0 Å². The summed E-state index contributed by atoms with van der Waals surface area (Å²) in [7, 11) is 0. The van der Waals surface area contributed by atoms with Gasteiger partial charge in [0.2, 0.25) is 0 Å². The van der Waals surface area contributed by atoms with Crippen molar-refractivity contribution in [3.05, 3.63) is 152 Å². The normalized spacial score (nSPS) is 11.0. The molecule has 0 saturated carbocycles. The van der Waals surface area contributed by atoms with Crippen molar-refractivity contribution in [3.8, 4) is 55.9 Å². The van der Waals surface area contributed by atoms with Gasteiger partial charge in [0.25, 0.3) is 0 Å². The summed E-state index contributed by atoms with van der Waals surface area (Å²) in [6.45, 7) is 0. The first-order valence-electron chi connectivity index (χ1n) is 13.7. The minimum atomic E-state index is 0.879. The second kappa shape index (κ2) is 11.0. The fourth-order valence-electron chi connectivity index (χ4n) is 5.38. The van der Waals surface area contributed by atoms with Gasteiger partial charge in [0, 0.05) is 0 Å². The Morgan fingerprint density at radius 1 is 0.366 bits per heavy atom. The van der Waals surface area contributed by atoms with Crippen LogP contribution in [0.15, 0.2) is 152 Å². The van der Waals surface area contributed by atoms with Gasteiger partial charge in [-0.2, -0.15) is 0 Å².